The van der Waals surface area contributed by atoms with E-state index in [0.717, 1.165) is 61.5 Å². The van der Waals surface area contributed by atoms with Gasteiger partial charge in [-0.15, -0.1) is 0 Å². The van der Waals surface area contributed by atoms with Crippen LogP contribution in [-0.2, 0) is 5.41 Å². The lowest BCUT2D eigenvalue weighted by molar-refractivity contribution is 0.361. The molecule has 4 heteroatoms. The zero-order chi connectivity index (χ0) is 44.9. The standard InChI is InChI=1S/C63H44N2O2/c1-3-41(2)42-29-35-46(36-30-42)62-64-55(45-33-31-44(32-34-45)43-17-7-4-8-18-43)40-56(65-62)48-20-15-19-47(39-48)51-26-16-28-57-60(51)67-61-58(66-57)38-37-54-59(61)52-25-13-14-27-53(52)63(54,49-21-9-5-10-22-49)50-23-11-6-12-24-50/h3-40H,1-2H3/b41-3+. The molecule has 318 valence electrons. The zero-order valence-electron chi connectivity index (χ0n) is 37.2. The van der Waals surface area contributed by atoms with E-state index >= 15 is 0 Å². The number of ether oxygens (including phenoxy) is 2. The van der Waals surface area contributed by atoms with Crippen LogP contribution in [0.1, 0.15) is 41.7 Å². The minimum absolute atomic E-state index is 0.562. The van der Waals surface area contributed by atoms with Gasteiger partial charge in [0.2, 0.25) is 0 Å². The molecule has 0 amide bonds. The van der Waals surface area contributed by atoms with Crippen LogP contribution >= 0.6 is 0 Å². The number of nitrogens with zero attached hydrogens (tertiary/aromatic N) is 2. The van der Waals surface area contributed by atoms with Crippen molar-refractivity contribution in [2.24, 2.45) is 0 Å². The van der Waals surface area contributed by atoms with Gasteiger partial charge < -0.3 is 9.47 Å². The number of allylic oxidation sites excluding steroid dienone is 2. The normalized spacial score (nSPS) is 13.1. The van der Waals surface area contributed by atoms with Gasteiger partial charge in [0.1, 0.15) is 0 Å². The van der Waals surface area contributed by atoms with Crippen LogP contribution in [0.2, 0.25) is 0 Å². The lowest BCUT2D eigenvalue weighted by Crippen LogP contribution is -2.28. The van der Waals surface area contributed by atoms with Gasteiger partial charge in [-0.1, -0.05) is 206 Å². The predicted octanol–water partition coefficient (Wildman–Crippen LogP) is 16.5. The van der Waals surface area contributed by atoms with Crippen LogP contribution in [-0.4, -0.2) is 9.97 Å². The highest BCUT2D eigenvalue weighted by molar-refractivity contribution is 5.93. The molecule has 67 heavy (non-hydrogen) atoms. The topological polar surface area (TPSA) is 44.2 Å². The second kappa shape index (κ2) is 16.4. The molecule has 0 N–H and O–H groups in total. The second-order valence-corrected chi connectivity index (χ2v) is 17.2. The van der Waals surface area contributed by atoms with E-state index in [1.165, 1.54) is 33.4 Å². The van der Waals surface area contributed by atoms with Crippen molar-refractivity contribution in [3.8, 4) is 90.3 Å². The molecule has 0 saturated carbocycles. The summed E-state index contributed by atoms with van der Waals surface area (Å²) in [7, 11) is 0. The van der Waals surface area contributed by atoms with Gasteiger partial charge in [0.15, 0.2) is 28.8 Å². The maximum absolute atomic E-state index is 7.25. The number of benzene rings is 9. The molecule has 0 unspecified atom stereocenters. The van der Waals surface area contributed by atoms with E-state index in [-0.39, 0.29) is 0 Å². The Bertz CT molecular complexity index is 3470. The third-order valence-corrected chi connectivity index (χ3v) is 13.5. The van der Waals surface area contributed by atoms with Crippen LogP contribution < -0.4 is 9.47 Å². The summed E-state index contributed by atoms with van der Waals surface area (Å²) < 4.78 is 14.1. The molecule has 0 spiro atoms. The third kappa shape index (κ3) is 6.76. The fraction of sp³-hybridized carbons (Fsp3) is 0.0476. The van der Waals surface area contributed by atoms with Crippen molar-refractivity contribution >= 4 is 5.57 Å². The van der Waals surface area contributed by atoms with Crippen LogP contribution in [0.5, 0.6) is 23.0 Å². The number of hydrogen-bond donors (Lipinski definition) is 0. The maximum Gasteiger partial charge on any atom is 0.178 e. The predicted molar refractivity (Wildman–Crippen MR) is 272 cm³/mol. The first kappa shape index (κ1) is 40.0. The molecule has 0 bridgehead atoms. The van der Waals surface area contributed by atoms with Gasteiger partial charge >= 0.3 is 0 Å². The first-order chi connectivity index (χ1) is 33.1. The minimum atomic E-state index is -0.562. The molecule has 0 fully saturated rings. The van der Waals surface area contributed by atoms with E-state index in [0.29, 0.717) is 28.8 Å². The molecule has 1 aliphatic heterocycles. The Labute approximate surface area is 391 Å². The fourth-order valence-electron chi connectivity index (χ4n) is 10.0. The first-order valence-corrected chi connectivity index (χ1v) is 22.8. The summed E-state index contributed by atoms with van der Waals surface area (Å²) in [4.78, 5) is 10.4. The summed E-state index contributed by atoms with van der Waals surface area (Å²) >= 11 is 0. The molecule has 1 aliphatic carbocycles. The molecule has 2 aliphatic rings. The molecule has 1 aromatic heterocycles. The van der Waals surface area contributed by atoms with Crippen molar-refractivity contribution in [1.29, 1.82) is 0 Å². The molecular formula is C63H44N2O2. The molecule has 0 saturated heterocycles. The summed E-state index contributed by atoms with van der Waals surface area (Å²) in [5, 5.41) is 0. The average Bonchev–Trinajstić information content (AvgIpc) is 3.72. The van der Waals surface area contributed by atoms with E-state index in [1.807, 2.05) is 18.2 Å². The van der Waals surface area contributed by atoms with Gasteiger partial charge in [0.25, 0.3) is 0 Å². The second-order valence-electron chi connectivity index (χ2n) is 17.2. The van der Waals surface area contributed by atoms with Crippen LogP contribution in [0.3, 0.4) is 0 Å². The summed E-state index contributed by atoms with van der Waals surface area (Å²) in [5.74, 6) is 3.41. The summed E-state index contributed by atoms with van der Waals surface area (Å²) in [6.07, 6.45) is 2.13. The molecule has 12 rings (SSSR count). The van der Waals surface area contributed by atoms with Gasteiger partial charge in [-0.05, 0) is 93.8 Å². The van der Waals surface area contributed by atoms with Crippen molar-refractivity contribution in [3.05, 3.63) is 258 Å². The van der Waals surface area contributed by atoms with Crippen LogP contribution in [0.4, 0.5) is 0 Å². The van der Waals surface area contributed by atoms with Gasteiger partial charge in [-0.3, -0.25) is 0 Å². The van der Waals surface area contributed by atoms with Crippen LogP contribution in [0, 0.1) is 0 Å². The maximum atomic E-state index is 7.25. The van der Waals surface area contributed by atoms with E-state index < -0.39 is 5.41 Å². The lowest BCUT2D eigenvalue weighted by Gasteiger charge is -2.34. The molecule has 0 atom stereocenters. The number of rotatable bonds is 8. The monoisotopic (exact) mass is 860 g/mol. The van der Waals surface area contributed by atoms with E-state index in [1.54, 1.807) is 0 Å². The Morgan fingerprint density at radius 2 is 0.970 bits per heavy atom. The minimum Gasteiger partial charge on any atom is -0.449 e. The number of aromatic nitrogens is 2. The SMILES string of the molecule is C/C=C(\C)c1ccc(-c2nc(-c3ccc(-c4ccccc4)cc3)cc(-c3cccc(-c4cccc5c4Oc4c(ccc6c4-c4ccccc4C6(c4ccccc4)c4ccccc4)O5)c3)n2)cc1. The number of para-hydroxylation sites is 1. The van der Waals surface area contributed by atoms with Gasteiger partial charge in [0.05, 0.1) is 16.8 Å². The molecule has 10 aromatic rings. The van der Waals surface area contributed by atoms with Crippen molar-refractivity contribution in [2.75, 3.05) is 0 Å². The van der Waals surface area contributed by atoms with Gasteiger partial charge in [-0.2, -0.15) is 0 Å². The zero-order valence-corrected chi connectivity index (χ0v) is 37.2. The van der Waals surface area contributed by atoms with Crippen LogP contribution in [0.15, 0.2) is 231 Å². The Morgan fingerprint density at radius 3 is 1.69 bits per heavy atom. The molecule has 9 aromatic carbocycles. The fourth-order valence-corrected chi connectivity index (χ4v) is 10.0. The largest absolute Gasteiger partial charge is 0.449 e. The summed E-state index contributed by atoms with van der Waals surface area (Å²) in [5.41, 5.74) is 17.6. The Kier molecular flexibility index (Phi) is 9.80. The Hall–Kier alpha value is -8.60. The van der Waals surface area contributed by atoms with E-state index in [2.05, 4.69) is 226 Å². The van der Waals surface area contributed by atoms with Crippen molar-refractivity contribution < 1.29 is 9.47 Å². The van der Waals surface area contributed by atoms with Crippen LogP contribution in [0.25, 0.3) is 72.9 Å². The third-order valence-electron chi connectivity index (χ3n) is 13.5. The van der Waals surface area contributed by atoms with Gasteiger partial charge in [0, 0.05) is 27.8 Å². The highest BCUT2D eigenvalue weighted by Gasteiger charge is 2.48. The van der Waals surface area contributed by atoms with E-state index in [4.69, 9.17) is 19.4 Å². The van der Waals surface area contributed by atoms with E-state index in [9.17, 15) is 0 Å². The number of fused-ring (bicyclic) bond motifs is 6. The Morgan fingerprint density at radius 1 is 0.418 bits per heavy atom. The summed E-state index contributed by atoms with van der Waals surface area (Å²) in [6.45, 7) is 4.19. The summed E-state index contributed by atoms with van der Waals surface area (Å²) in [6, 6.07) is 79.1. The first-order valence-electron chi connectivity index (χ1n) is 22.8. The van der Waals surface area contributed by atoms with Crippen molar-refractivity contribution in [2.45, 2.75) is 19.3 Å². The molecule has 0 radical (unpaired) electrons. The molecule has 4 nitrogen and oxygen atoms in total. The lowest BCUT2D eigenvalue weighted by atomic mass is 9.68. The Balaban J connectivity index is 0.968. The average molecular weight is 861 g/mol. The van der Waals surface area contributed by atoms with Gasteiger partial charge in [-0.25, -0.2) is 9.97 Å². The molecule has 2 heterocycles. The quantitative estimate of drug-likeness (QED) is 0.153. The van der Waals surface area contributed by atoms with Crippen molar-refractivity contribution in [3.63, 3.8) is 0 Å². The smallest absolute Gasteiger partial charge is 0.178 e. The van der Waals surface area contributed by atoms with Crippen molar-refractivity contribution in [1.82, 2.24) is 9.97 Å². The molecular weight excluding hydrogens is 817 g/mol. The highest BCUT2D eigenvalue weighted by atomic mass is 16.6. The highest BCUT2D eigenvalue weighted by Crippen LogP contribution is 2.63. The number of hydrogen-bond acceptors (Lipinski definition) is 4.